The van der Waals surface area contributed by atoms with Crippen LogP contribution in [0.4, 0.5) is 4.79 Å². The predicted molar refractivity (Wildman–Crippen MR) is 36.9 cm³/mol. The zero-order valence-electron chi connectivity index (χ0n) is 5.63. The highest BCUT2D eigenvalue weighted by Gasteiger charge is 2.03. The van der Waals surface area contributed by atoms with Crippen molar-refractivity contribution in [2.24, 2.45) is 0 Å². The van der Waals surface area contributed by atoms with Crippen molar-refractivity contribution in [2.75, 3.05) is 7.05 Å². The van der Waals surface area contributed by atoms with E-state index in [1.807, 2.05) is 5.48 Å². The SMILES string of the molecule is CNONC(=O)SC(C)=O. The second kappa shape index (κ2) is 5.21. The standard InChI is InChI=1S/C4H8N2O3S/c1-3(7)10-4(8)6-9-5-2/h5H,1-2H3,(H,6,8). The van der Waals surface area contributed by atoms with Gasteiger partial charge in [-0.3, -0.25) is 9.59 Å². The molecule has 0 aromatic heterocycles. The Balaban J connectivity index is 3.35. The molecule has 0 aromatic carbocycles. The van der Waals surface area contributed by atoms with E-state index in [-0.39, 0.29) is 5.12 Å². The van der Waals surface area contributed by atoms with Crippen molar-refractivity contribution in [3.8, 4) is 0 Å². The minimum atomic E-state index is -0.540. The van der Waals surface area contributed by atoms with Gasteiger partial charge in [-0.15, -0.1) is 0 Å². The van der Waals surface area contributed by atoms with Crippen LogP contribution in [0.3, 0.4) is 0 Å². The summed E-state index contributed by atoms with van der Waals surface area (Å²) < 4.78 is 0. The van der Waals surface area contributed by atoms with Crippen molar-refractivity contribution in [1.29, 1.82) is 0 Å². The van der Waals surface area contributed by atoms with Gasteiger partial charge in [-0.25, -0.2) is 5.48 Å². The van der Waals surface area contributed by atoms with Crippen LogP contribution in [0.1, 0.15) is 6.92 Å². The van der Waals surface area contributed by atoms with Crippen LogP contribution in [0, 0.1) is 0 Å². The van der Waals surface area contributed by atoms with Gasteiger partial charge in [0.25, 0.3) is 0 Å². The van der Waals surface area contributed by atoms with Gasteiger partial charge >= 0.3 is 5.24 Å². The molecule has 0 saturated heterocycles. The number of nitrogens with one attached hydrogen (secondary N) is 2. The Labute approximate surface area is 62.4 Å². The quantitative estimate of drug-likeness (QED) is 0.564. The molecule has 2 N–H and O–H groups in total. The molecule has 0 aliphatic rings. The van der Waals surface area contributed by atoms with Crippen molar-refractivity contribution >= 4 is 22.1 Å². The normalized spacial score (nSPS) is 9.00. The number of hydrogen-bond acceptors (Lipinski definition) is 5. The second-order valence-electron chi connectivity index (χ2n) is 1.29. The summed E-state index contributed by atoms with van der Waals surface area (Å²) in [7, 11) is 1.48. The molecule has 5 nitrogen and oxygen atoms in total. The van der Waals surface area contributed by atoms with E-state index in [1.165, 1.54) is 14.0 Å². The fourth-order valence-corrected chi connectivity index (χ4v) is 0.588. The Kier molecular flexibility index (Phi) is 4.91. The van der Waals surface area contributed by atoms with Crippen molar-refractivity contribution < 1.29 is 14.5 Å². The number of amides is 1. The average Bonchev–Trinajstić information content (AvgIpc) is 1.82. The fourth-order valence-electron chi connectivity index (χ4n) is 0.244. The molecule has 0 spiro atoms. The molecule has 0 rings (SSSR count). The molecule has 0 bridgehead atoms. The van der Waals surface area contributed by atoms with Gasteiger partial charge in [-0.2, -0.15) is 10.4 Å². The first-order valence-electron chi connectivity index (χ1n) is 2.47. The summed E-state index contributed by atoms with van der Waals surface area (Å²) in [4.78, 5) is 25.0. The third-order valence-electron chi connectivity index (χ3n) is 0.473. The summed E-state index contributed by atoms with van der Waals surface area (Å²) in [6.07, 6.45) is 0. The lowest BCUT2D eigenvalue weighted by Gasteiger charge is -1.99. The van der Waals surface area contributed by atoms with E-state index in [9.17, 15) is 9.59 Å². The zero-order chi connectivity index (χ0) is 7.98. The second-order valence-corrected chi connectivity index (χ2v) is 2.44. The Morgan fingerprint density at radius 1 is 1.50 bits per heavy atom. The lowest BCUT2D eigenvalue weighted by molar-refractivity contribution is -0.109. The van der Waals surface area contributed by atoms with E-state index >= 15 is 0 Å². The van der Waals surface area contributed by atoms with Gasteiger partial charge in [-0.1, -0.05) is 0 Å². The molecule has 1 amide bonds. The zero-order valence-corrected chi connectivity index (χ0v) is 6.45. The van der Waals surface area contributed by atoms with Crippen molar-refractivity contribution in [3.05, 3.63) is 0 Å². The highest BCUT2D eigenvalue weighted by molar-refractivity contribution is 8.26. The minimum absolute atomic E-state index is 0.280. The van der Waals surface area contributed by atoms with Gasteiger partial charge < -0.3 is 0 Å². The van der Waals surface area contributed by atoms with Crippen molar-refractivity contribution in [3.63, 3.8) is 0 Å². The summed E-state index contributed by atoms with van der Waals surface area (Å²) in [5.74, 6) is 0. The monoisotopic (exact) mass is 164 g/mol. The molecule has 0 unspecified atom stereocenters. The summed E-state index contributed by atoms with van der Waals surface area (Å²) >= 11 is 0.540. The van der Waals surface area contributed by atoms with Gasteiger partial charge in [0.15, 0.2) is 5.12 Å². The Bertz CT molecular complexity index is 138. The first-order chi connectivity index (χ1) is 4.66. The summed E-state index contributed by atoms with van der Waals surface area (Å²) in [5.41, 5.74) is 4.17. The van der Waals surface area contributed by atoms with Crippen LogP contribution in [-0.2, 0) is 9.73 Å². The number of hydroxylamine groups is 2. The third kappa shape index (κ3) is 5.54. The predicted octanol–water partition coefficient (Wildman–Crippen LogP) is 0.0417. The molecular formula is C4H8N2O3S. The molecule has 0 heterocycles. The molecule has 0 fully saturated rings. The highest BCUT2D eigenvalue weighted by Crippen LogP contribution is 2.00. The van der Waals surface area contributed by atoms with Crippen LogP contribution in [-0.4, -0.2) is 17.4 Å². The van der Waals surface area contributed by atoms with Crippen LogP contribution < -0.4 is 11.0 Å². The number of rotatable bonds is 2. The molecule has 0 atom stereocenters. The lowest BCUT2D eigenvalue weighted by Crippen LogP contribution is -2.26. The topological polar surface area (TPSA) is 67.4 Å². The summed E-state index contributed by atoms with van der Waals surface area (Å²) in [6.45, 7) is 1.30. The molecule has 58 valence electrons. The molecule has 0 aliphatic heterocycles. The van der Waals surface area contributed by atoms with E-state index in [0.29, 0.717) is 11.8 Å². The van der Waals surface area contributed by atoms with Crippen LogP contribution in [0.15, 0.2) is 0 Å². The molecule has 6 heteroatoms. The third-order valence-corrected chi connectivity index (χ3v) is 1.03. The van der Waals surface area contributed by atoms with Crippen LogP contribution in [0.2, 0.25) is 0 Å². The molecule has 0 aliphatic carbocycles. The maximum Gasteiger partial charge on any atom is 0.311 e. The Morgan fingerprint density at radius 2 is 2.10 bits per heavy atom. The molecule has 0 saturated carbocycles. The van der Waals surface area contributed by atoms with Gasteiger partial charge in [-0.05, 0) is 0 Å². The smallest absolute Gasteiger partial charge is 0.287 e. The fraction of sp³-hybridized carbons (Fsp3) is 0.500. The van der Waals surface area contributed by atoms with Crippen molar-refractivity contribution in [2.45, 2.75) is 6.92 Å². The molecule has 0 aromatic rings. The maximum atomic E-state index is 10.5. The number of hydrogen-bond donors (Lipinski definition) is 2. The van der Waals surface area contributed by atoms with Gasteiger partial charge in [0.2, 0.25) is 0 Å². The Hall–Kier alpha value is -0.590. The number of carbonyl (C=O) groups is 2. The Morgan fingerprint density at radius 3 is 2.50 bits per heavy atom. The average molecular weight is 164 g/mol. The summed E-state index contributed by atoms with van der Waals surface area (Å²) in [5, 5.41) is -0.820. The highest BCUT2D eigenvalue weighted by atomic mass is 32.2. The van der Waals surface area contributed by atoms with E-state index in [1.54, 1.807) is 0 Å². The van der Waals surface area contributed by atoms with Crippen LogP contribution in [0.25, 0.3) is 0 Å². The first kappa shape index (κ1) is 9.41. The van der Waals surface area contributed by atoms with Crippen LogP contribution in [0.5, 0.6) is 0 Å². The van der Waals surface area contributed by atoms with Crippen LogP contribution >= 0.6 is 11.8 Å². The van der Waals surface area contributed by atoms with E-state index in [4.69, 9.17) is 0 Å². The van der Waals surface area contributed by atoms with Gasteiger partial charge in [0, 0.05) is 25.7 Å². The summed E-state index contributed by atoms with van der Waals surface area (Å²) in [6, 6.07) is 0. The molecule has 10 heavy (non-hydrogen) atoms. The van der Waals surface area contributed by atoms with E-state index in [0.717, 1.165) is 0 Å². The maximum absolute atomic E-state index is 10.5. The van der Waals surface area contributed by atoms with Gasteiger partial charge in [0.05, 0.1) is 0 Å². The van der Waals surface area contributed by atoms with E-state index < -0.39 is 5.24 Å². The van der Waals surface area contributed by atoms with E-state index in [2.05, 4.69) is 10.4 Å². The minimum Gasteiger partial charge on any atom is -0.287 e. The molecule has 0 radical (unpaired) electrons. The van der Waals surface area contributed by atoms with Crippen molar-refractivity contribution in [1.82, 2.24) is 11.0 Å². The lowest BCUT2D eigenvalue weighted by atomic mass is 10.9. The number of carbonyl (C=O) groups excluding carboxylic acids is 2. The largest absolute Gasteiger partial charge is 0.311 e. The van der Waals surface area contributed by atoms with Gasteiger partial charge in [0.1, 0.15) is 0 Å². The number of thioether (sulfide) groups is 1. The first-order valence-corrected chi connectivity index (χ1v) is 3.29. The molecular weight excluding hydrogens is 156 g/mol.